The number of benzene rings is 1. The van der Waals surface area contributed by atoms with Crippen molar-refractivity contribution >= 4 is 0 Å². The fourth-order valence-electron chi connectivity index (χ4n) is 4.19. The van der Waals surface area contributed by atoms with Crippen LogP contribution in [0.1, 0.15) is 58.3 Å². The van der Waals surface area contributed by atoms with Gasteiger partial charge in [0, 0.05) is 12.1 Å². The molecule has 7 heteroatoms. The van der Waals surface area contributed by atoms with Gasteiger partial charge in [0.25, 0.3) is 0 Å². The molecule has 1 saturated carbocycles. The Bertz CT molecular complexity index is 688. The number of hydrogen-bond acceptors (Lipinski definition) is 2. The Morgan fingerprint density at radius 3 is 2.21 bits per heavy atom. The Hall–Kier alpha value is -1.79. The summed E-state index contributed by atoms with van der Waals surface area (Å²) in [5.74, 6) is -4.57. The lowest BCUT2D eigenvalue weighted by atomic mass is 9.76. The maximum atomic E-state index is 14.3. The van der Waals surface area contributed by atoms with Crippen molar-refractivity contribution in [1.82, 2.24) is 0 Å². The molecule has 1 fully saturated rings. The van der Waals surface area contributed by atoms with Crippen molar-refractivity contribution < 1.29 is 31.4 Å². The second-order valence-corrected chi connectivity index (χ2v) is 7.73. The lowest BCUT2D eigenvalue weighted by Crippen LogP contribution is -2.42. The molecule has 1 aromatic carbocycles. The van der Waals surface area contributed by atoms with Crippen LogP contribution in [-0.4, -0.2) is 12.2 Å². The molecule has 0 saturated heterocycles. The number of halogens is 5. The van der Waals surface area contributed by atoms with Gasteiger partial charge in [0.2, 0.25) is 6.10 Å². The molecule has 0 bridgehead atoms. The Balaban J connectivity index is 1.58. The first-order valence-electron chi connectivity index (χ1n) is 9.86. The quantitative estimate of drug-likeness (QED) is 0.386. The van der Waals surface area contributed by atoms with Crippen molar-refractivity contribution in [1.29, 1.82) is 0 Å². The fourth-order valence-corrected chi connectivity index (χ4v) is 4.19. The molecule has 3 rings (SSSR count). The molecule has 1 aliphatic carbocycles. The number of allylic oxidation sites excluding steroid dienone is 1. The maximum absolute atomic E-state index is 14.3. The Morgan fingerprint density at radius 2 is 1.68 bits per heavy atom. The molecule has 1 heterocycles. The highest BCUT2D eigenvalue weighted by Gasteiger charge is 2.45. The lowest BCUT2D eigenvalue weighted by molar-refractivity contribution is -0.244. The summed E-state index contributed by atoms with van der Waals surface area (Å²) >= 11 is 0. The SMILES string of the molecule is CCCC1CCC(C2=COC(C(F)(F)Oc3cc(F)c(F)c(F)c3)CC2)CC1. The first-order chi connectivity index (χ1) is 13.3. The summed E-state index contributed by atoms with van der Waals surface area (Å²) in [4.78, 5) is 0. The van der Waals surface area contributed by atoms with Gasteiger partial charge in [-0.15, -0.1) is 0 Å². The average Bonchev–Trinajstić information content (AvgIpc) is 2.67. The zero-order valence-corrected chi connectivity index (χ0v) is 15.8. The third-order valence-electron chi connectivity index (χ3n) is 5.73. The molecule has 1 aliphatic heterocycles. The molecule has 0 N–H and O–H groups in total. The van der Waals surface area contributed by atoms with Gasteiger partial charge in [-0.05, 0) is 55.9 Å². The normalized spacial score (nSPS) is 25.8. The highest BCUT2D eigenvalue weighted by atomic mass is 19.3. The number of alkyl halides is 2. The monoisotopic (exact) mass is 404 g/mol. The summed E-state index contributed by atoms with van der Waals surface area (Å²) in [5, 5.41) is 0. The van der Waals surface area contributed by atoms with E-state index in [2.05, 4.69) is 11.7 Å². The van der Waals surface area contributed by atoms with Gasteiger partial charge < -0.3 is 9.47 Å². The minimum atomic E-state index is -3.79. The Kier molecular flexibility index (Phi) is 6.50. The third-order valence-corrected chi connectivity index (χ3v) is 5.73. The van der Waals surface area contributed by atoms with Crippen LogP contribution in [0, 0.1) is 29.3 Å². The molecular formula is C21H25F5O2. The van der Waals surface area contributed by atoms with Crippen molar-refractivity contribution in [2.45, 2.75) is 70.5 Å². The van der Waals surface area contributed by atoms with Crippen LogP contribution < -0.4 is 4.74 Å². The summed E-state index contributed by atoms with van der Waals surface area (Å²) in [5.41, 5.74) is 1.04. The van der Waals surface area contributed by atoms with E-state index >= 15 is 0 Å². The van der Waals surface area contributed by atoms with Gasteiger partial charge in [0.15, 0.2) is 17.5 Å². The molecule has 0 radical (unpaired) electrons. The van der Waals surface area contributed by atoms with Crippen molar-refractivity contribution in [3.63, 3.8) is 0 Å². The van der Waals surface area contributed by atoms with Crippen LogP contribution in [0.4, 0.5) is 22.0 Å². The van der Waals surface area contributed by atoms with Crippen LogP contribution in [0.5, 0.6) is 5.75 Å². The molecule has 0 spiro atoms. The Labute approximate surface area is 161 Å². The summed E-state index contributed by atoms with van der Waals surface area (Å²) in [6.45, 7) is 2.18. The smallest absolute Gasteiger partial charge is 0.435 e. The molecule has 0 amide bonds. The van der Waals surface area contributed by atoms with E-state index in [1.807, 2.05) is 0 Å². The zero-order valence-electron chi connectivity index (χ0n) is 15.8. The molecule has 2 aliphatic rings. The van der Waals surface area contributed by atoms with Crippen LogP contribution in [0.3, 0.4) is 0 Å². The average molecular weight is 404 g/mol. The van der Waals surface area contributed by atoms with E-state index < -0.39 is 35.4 Å². The number of rotatable bonds is 6. The highest BCUT2D eigenvalue weighted by Crippen LogP contribution is 2.40. The molecule has 28 heavy (non-hydrogen) atoms. The van der Waals surface area contributed by atoms with Crippen molar-refractivity contribution in [3.8, 4) is 5.75 Å². The molecule has 1 atom stereocenters. The first kappa shape index (κ1) is 20.9. The first-order valence-corrected chi connectivity index (χ1v) is 9.86. The minimum Gasteiger partial charge on any atom is -0.488 e. The molecule has 1 unspecified atom stereocenters. The zero-order chi connectivity index (χ0) is 20.3. The van der Waals surface area contributed by atoms with Gasteiger partial charge in [0.05, 0.1) is 6.26 Å². The van der Waals surface area contributed by atoms with E-state index in [-0.39, 0.29) is 6.42 Å². The summed E-state index contributed by atoms with van der Waals surface area (Å²) in [6.07, 6.45) is 3.37. The van der Waals surface area contributed by atoms with Gasteiger partial charge >= 0.3 is 6.11 Å². The summed E-state index contributed by atoms with van der Waals surface area (Å²) < 4.78 is 77.8. The van der Waals surface area contributed by atoms with E-state index in [1.54, 1.807) is 0 Å². The Morgan fingerprint density at radius 1 is 1.04 bits per heavy atom. The number of hydrogen-bond donors (Lipinski definition) is 0. The standard InChI is InChI=1S/C21H25F5O2/c1-2-3-13-4-6-14(7-5-13)15-8-9-19(27-12-15)21(25,26)28-16-10-17(22)20(24)18(23)11-16/h10-14,19H,2-9H2,1H3. The number of ether oxygens (including phenoxy) is 2. The second-order valence-electron chi connectivity index (χ2n) is 7.73. The van der Waals surface area contributed by atoms with E-state index in [0.717, 1.165) is 37.2 Å². The van der Waals surface area contributed by atoms with Gasteiger partial charge in [0.1, 0.15) is 5.75 Å². The highest BCUT2D eigenvalue weighted by molar-refractivity contribution is 5.25. The largest absolute Gasteiger partial charge is 0.488 e. The van der Waals surface area contributed by atoms with Crippen LogP contribution in [0.15, 0.2) is 24.0 Å². The second kappa shape index (κ2) is 8.70. The van der Waals surface area contributed by atoms with Crippen molar-refractivity contribution in [2.24, 2.45) is 11.8 Å². The van der Waals surface area contributed by atoms with Gasteiger partial charge in [-0.1, -0.05) is 19.8 Å². The predicted molar refractivity (Wildman–Crippen MR) is 94.4 cm³/mol. The summed E-state index contributed by atoms with van der Waals surface area (Å²) in [6, 6.07) is 0.788. The third kappa shape index (κ3) is 4.78. The molecule has 2 nitrogen and oxygen atoms in total. The van der Waals surface area contributed by atoms with Crippen LogP contribution in [-0.2, 0) is 4.74 Å². The van der Waals surface area contributed by atoms with E-state index in [1.165, 1.54) is 19.1 Å². The van der Waals surface area contributed by atoms with E-state index in [4.69, 9.17) is 4.74 Å². The molecule has 156 valence electrons. The van der Waals surface area contributed by atoms with Gasteiger partial charge in [-0.25, -0.2) is 13.2 Å². The summed E-state index contributed by atoms with van der Waals surface area (Å²) in [7, 11) is 0. The van der Waals surface area contributed by atoms with Gasteiger partial charge in [-0.2, -0.15) is 8.78 Å². The fraction of sp³-hybridized carbons (Fsp3) is 0.619. The molecular weight excluding hydrogens is 379 g/mol. The van der Waals surface area contributed by atoms with E-state index in [9.17, 15) is 22.0 Å². The van der Waals surface area contributed by atoms with Crippen LogP contribution in [0.25, 0.3) is 0 Å². The van der Waals surface area contributed by atoms with Crippen molar-refractivity contribution in [3.05, 3.63) is 41.4 Å². The maximum Gasteiger partial charge on any atom is 0.435 e. The minimum absolute atomic E-state index is 0.0415. The van der Waals surface area contributed by atoms with Gasteiger partial charge in [-0.3, -0.25) is 0 Å². The van der Waals surface area contributed by atoms with E-state index in [0.29, 0.717) is 24.5 Å². The molecule has 0 aromatic heterocycles. The van der Waals surface area contributed by atoms with Crippen molar-refractivity contribution in [2.75, 3.05) is 0 Å². The van der Waals surface area contributed by atoms with Crippen LogP contribution >= 0.6 is 0 Å². The predicted octanol–water partition coefficient (Wildman–Crippen LogP) is 6.74. The van der Waals surface area contributed by atoms with Crippen LogP contribution in [0.2, 0.25) is 0 Å². The molecule has 1 aromatic rings. The topological polar surface area (TPSA) is 18.5 Å². The lowest BCUT2D eigenvalue weighted by Gasteiger charge is -2.34.